The SMILES string of the molecule is CS(=O)(=O)c1ccc(NC2CCN(S(C)(=O)=O)CC2)c(C(F)(F)F)c1. The van der Waals surface area contributed by atoms with Crippen LogP contribution < -0.4 is 5.32 Å². The minimum atomic E-state index is -4.71. The number of sulfone groups is 1. The number of hydrogen-bond acceptors (Lipinski definition) is 5. The van der Waals surface area contributed by atoms with Gasteiger partial charge in [0.25, 0.3) is 0 Å². The first kappa shape index (κ1) is 20.0. The van der Waals surface area contributed by atoms with E-state index in [-0.39, 0.29) is 24.8 Å². The van der Waals surface area contributed by atoms with Gasteiger partial charge in [-0.3, -0.25) is 0 Å². The summed E-state index contributed by atoms with van der Waals surface area (Å²) in [4.78, 5) is -0.405. The van der Waals surface area contributed by atoms with E-state index in [1.165, 1.54) is 4.31 Å². The molecule has 1 N–H and O–H groups in total. The van der Waals surface area contributed by atoms with E-state index in [0.29, 0.717) is 18.9 Å². The van der Waals surface area contributed by atoms with Crippen molar-refractivity contribution in [3.63, 3.8) is 0 Å². The molecule has 1 fully saturated rings. The van der Waals surface area contributed by atoms with Crippen LogP contribution >= 0.6 is 0 Å². The van der Waals surface area contributed by atoms with Crippen LogP contribution in [0.3, 0.4) is 0 Å². The molecule has 25 heavy (non-hydrogen) atoms. The van der Waals surface area contributed by atoms with Gasteiger partial charge in [-0.25, -0.2) is 21.1 Å². The number of piperidine rings is 1. The van der Waals surface area contributed by atoms with Crippen LogP contribution in [0.2, 0.25) is 0 Å². The number of alkyl halides is 3. The molecule has 0 saturated carbocycles. The number of nitrogens with one attached hydrogen (secondary N) is 1. The second kappa shape index (κ2) is 6.76. The van der Waals surface area contributed by atoms with Crippen molar-refractivity contribution in [2.75, 3.05) is 30.9 Å². The molecule has 0 amide bonds. The summed E-state index contributed by atoms with van der Waals surface area (Å²) in [5, 5.41) is 2.77. The Morgan fingerprint density at radius 3 is 2.08 bits per heavy atom. The third-order valence-electron chi connectivity index (χ3n) is 4.01. The molecule has 0 spiro atoms. The average Bonchev–Trinajstić information content (AvgIpc) is 2.45. The molecule has 1 heterocycles. The van der Waals surface area contributed by atoms with E-state index in [2.05, 4.69) is 5.32 Å². The minimum Gasteiger partial charge on any atom is -0.382 e. The third-order valence-corrected chi connectivity index (χ3v) is 6.42. The normalized spacial score (nSPS) is 18.3. The number of benzene rings is 1. The lowest BCUT2D eigenvalue weighted by atomic mass is 10.0. The van der Waals surface area contributed by atoms with Gasteiger partial charge in [0.05, 0.1) is 16.7 Å². The highest BCUT2D eigenvalue weighted by Gasteiger charge is 2.35. The molecule has 0 unspecified atom stereocenters. The third kappa shape index (κ3) is 5.08. The molecule has 1 aliphatic heterocycles. The first-order valence-electron chi connectivity index (χ1n) is 7.41. The highest BCUT2D eigenvalue weighted by atomic mass is 32.2. The van der Waals surface area contributed by atoms with E-state index in [0.717, 1.165) is 24.6 Å². The lowest BCUT2D eigenvalue weighted by molar-refractivity contribution is -0.137. The van der Waals surface area contributed by atoms with E-state index in [9.17, 15) is 30.0 Å². The first-order valence-corrected chi connectivity index (χ1v) is 11.2. The van der Waals surface area contributed by atoms with Gasteiger partial charge in [0.2, 0.25) is 10.0 Å². The van der Waals surface area contributed by atoms with Gasteiger partial charge < -0.3 is 5.32 Å². The maximum absolute atomic E-state index is 13.3. The van der Waals surface area contributed by atoms with Gasteiger partial charge in [0.15, 0.2) is 9.84 Å². The van der Waals surface area contributed by atoms with Crippen LogP contribution in [0.1, 0.15) is 18.4 Å². The van der Waals surface area contributed by atoms with Crippen LogP contribution in [-0.4, -0.2) is 52.8 Å². The molecule has 1 aromatic carbocycles. The van der Waals surface area contributed by atoms with Gasteiger partial charge in [0, 0.05) is 31.1 Å². The topological polar surface area (TPSA) is 83.6 Å². The lowest BCUT2D eigenvalue weighted by Gasteiger charge is -2.31. The molecule has 6 nitrogen and oxygen atoms in total. The highest BCUT2D eigenvalue weighted by Crippen LogP contribution is 2.37. The van der Waals surface area contributed by atoms with Gasteiger partial charge in [0.1, 0.15) is 0 Å². The van der Waals surface area contributed by atoms with Crippen LogP contribution in [0, 0.1) is 0 Å². The Morgan fingerprint density at radius 1 is 1.08 bits per heavy atom. The summed E-state index contributed by atoms with van der Waals surface area (Å²) < 4.78 is 87.0. The van der Waals surface area contributed by atoms with Gasteiger partial charge in [-0.2, -0.15) is 13.2 Å². The summed E-state index contributed by atoms with van der Waals surface area (Å²) in [6.45, 7) is 0.443. The molecule has 11 heteroatoms. The van der Waals surface area contributed by atoms with E-state index >= 15 is 0 Å². The Kier molecular flexibility index (Phi) is 5.41. The van der Waals surface area contributed by atoms with Crippen molar-refractivity contribution in [1.82, 2.24) is 4.31 Å². The van der Waals surface area contributed by atoms with Crippen molar-refractivity contribution in [2.24, 2.45) is 0 Å². The number of nitrogens with zero attached hydrogens (tertiary/aromatic N) is 1. The van der Waals surface area contributed by atoms with E-state index in [1.807, 2.05) is 0 Å². The molecule has 0 aromatic heterocycles. The van der Waals surface area contributed by atoms with E-state index < -0.39 is 36.5 Å². The zero-order valence-electron chi connectivity index (χ0n) is 13.7. The quantitative estimate of drug-likeness (QED) is 0.835. The largest absolute Gasteiger partial charge is 0.418 e. The fourth-order valence-corrected chi connectivity index (χ4v) is 4.19. The number of halogens is 3. The predicted molar refractivity (Wildman–Crippen MR) is 87.6 cm³/mol. The molecule has 0 atom stereocenters. The summed E-state index contributed by atoms with van der Waals surface area (Å²) in [6, 6.07) is 2.51. The molecular weight excluding hydrogens is 381 g/mol. The van der Waals surface area contributed by atoms with Gasteiger partial charge in [-0.05, 0) is 31.0 Å². The highest BCUT2D eigenvalue weighted by molar-refractivity contribution is 7.90. The van der Waals surface area contributed by atoms with Crippen molar-refractivity contribution in [3.05, 3.63) is 23.8 Å². The zero-order valence-corrected chi connectivity index (χ0v) is 15.3. The fourth-order valence-electron chi connectivity index (χ4n) is 2.67. The molecule has 1 aromatic rings. The molecule has 0 radical (unpaired) electrons. The van der Waals surface area contributed by atoms with E-state index in [1.54, 1.807) is 0 Å². The fraction of sp³-hybridized carbons (Fsp3) is 0.571. The number of rotatable bonds is 4. The van der Waals surface area contributed by atoms with Crippen molar-refractivity contribution in [3.8, 4) is 0 Å². The zero-order chi connectivity index (χ0) is 19.0. The maximum Gasteiger partial charge on any atom is 0.418 e. The number of sulfonamides is 1. The lowest BCUT2D eigenvalue weighted by Crippen LogP contribution is -2.42. The molecule has 2 rings (SSSR count). The maximum atomic E-state index is 13.3. The van der Waals surface area contributed by atoms with Crippen LogP contribution in [-0.2, 0) is 26.0 Å². The monoisotopic (exact) mass is 400 g/mol. The minimum absolute atomic E-state index is 0.210. The van der Waals surface area contributed by atoms with Gasteiger partial charge in [-0.15, -0.1) is 0 Å². The van der Waals surface area contributed by atoms with Crippen LogP contribution in [0.5, 0.6) is 0 Å². The molecular formula is C14H19F3N2O4S2. The van der Waals surface area contributed by atoms with Crippen molar-refractivity contribution in [1.29, 1.82) is 0 Å². The Bertz CT molecular complexity index is 843. The summed E-state index contributed by atoms with van der Waals surface area (Å²) in [5.74, 6) is 0. The van der Waals surface area contributed by atoms with Crippen molar-refractivity contribution < 1.29 is 30.0 Å². The van der Waals surface area contributed by atoms with E-state index in [4.69, 9.17) is 0 Å². The average molecular weight is 400 g/mol. The van der Waals surface area contributed by atoms with Gasteiger partial charge >= 0.3 is 6.18 Å². The second-order valence-corrected chi connectivity index (χ2v) is 10.1. The van der Waals surface area contributed by atoms with Crippen LogP contribution in [0.25, 0.3) is 0 Å². The van der Waals surface area contributed by atoms with Gasteiger partial charge in [-0.1, -0.05) is 0 Å². The molecule has 0 aliphatic carbocycles. The number of hydrogen-bond donors (Lipinski definition) is 1. The summed E-state index contributed by atoms with van der Waals surface area (Å²) in [7, 11) is -7.08. The summed E-state index contributed by atoms with van der Waals surface area (Å²) in [6.07, 6.45) is -2.06. The standard InChI is InChI=1S/C14H19F3N2O4S2/c1-24(20,21)11-3-4-13(12(9-11)14(15,16)17)18-10-5-7-19(8-6-10)25(2,22)23/h3-4,9-10,18H,5-8H2,1-2H3. The number of anilines is 1. The molecule has 142 valence electrons. The van der Waals surface area contributed by atoms with Crippen LogP contribution in [0.15, 0.2) is 23.1 Å². The summed E-state index contributed by atoms with van der Waals surface area (Å²) >= 11 is 0. The first-order chi connectivity index (χ1) is 11.3. The molecule has 1 saturated heterocycles. The van der Waals surface area contributed by atoms with Crippen LogP contribution in [0.4, 0.5) is 18.9 Å². The van der Waals surface area contributed by atoms with Crippen molar-refractivity contribution >= 4 is 25.5 Å². The van der Waals surface area contributed by atoms with Crippen molar-refractivity contribution in [2.45, 2.75) is 30.0 Å². The molecule has 0 bridgehead atoms. The summed E-state index contributed by atoms with van der Waals surface area (Å²) in [5.41, 5.74) is -1.27. The Morgan fingerprint density at radius 2 is 1.64 bits per heavy atom. The molecule has 1 aliphatic rings. The Labute approximate surface area is 145 Å². The second-order valence-electron chi connectivity index (χ2n) is 6.06. The predicted octanol–water partition coefficient (Wildman–Crippen LogP) is 1.94. The Balaban J connectivity index is 2.23. The smallest absolute Gasteiger partial charge is 0.382 e. The Hall–Kier alpha value is -1.33.